The molecule has 3 aromatic carbocycles. The maximum atomic E-state index is 11.8. The van der Waals surface area contributed by atoms with Gasteiger partial charge in [-0.25, -0.2) is 9.86 Å². The lowest BCUT2D eigenvalue weighted by Gasteiger charge is -2.15. The first kappa shape index (κ1) is 17.1. The highest BCUT2D eigenvalue weighted by Gasteiger charge is 2.10. The molecule has 3 rings (SSSR count). The second-order valence-corrected chi connectivity index (χ2v) is 5.77. The number of carbonyl (C=O) groups is 1. The Kier molecular flexibility index (Phi) is 5.07. The summed E-state index contributed by atoms with van der Waals surface area (Å²) < 4.78 is 5.87. The average Bonchev–Trinajstić information content (AvgIpc) is 2.63. The largest absolute Gasteiger partial charge is 0.456 e. The van der Waals surface area contributed by atoms with Crippen LogP contribution in [0.25, 0.3) is 10.8 Å². The standard InChI is InChI=1S/C19H17ClN2O3/c1-22(24-2)19(23)21-15-8-10-18(17(20)12-15)25-16-9-7-13-5-3-4-6-14(13)11-16/h3-12H,1-2H3,(H,21,23). The molecule has 0 aliphatic rings. The minimum Gasteiger partial charge on any atom is -0.456 e. The molecular formula is C19H17ClN2O3. The summed E-state index contributed by atoms with van der Waals surface area (Å²) in [6.45, 7) is 0. The number of urea groups is 1. The van der Waals surface area contributed by atoms with Crippen molar-refractivity contribution in [3.63, 3.8) is 0 Å². The number of halogens is 1. The van der Waals surface area contributed by atoms with E-state index in [1.807, 2.05) is 42.5 Å². The number of carbonyl (C=O) groups excluding carboxylic acids is 1. The molecule has 25 heavy (non-hydrogen) atoms. The topological polar surface area (TPSA) is 50.8 Å². The van der Waals surface area contributed by atoms with E-state index in [-0.39, 0.29) is 0 Å². The molecule has 3 aromatic rings. The lowest BCUT2D eigenvalue weighted by Crippen LogP contribution is -2.30. The number of benzene rings is 3. The molecule has 0 bridgehead atoms. The fourth-order valence-electron chi connectivity index (χ4n) is 2.30. The van der Waals surface area contributed by atoms with E-state index in [2.05, 4.69) is 5.32 Å². The van der Waals surface area contributed by atoms with Crippen molar-refractivity contribution in [2.75, 3.05) is 19.5 Å². The Bertz CT molecular complexity index is 914. The van der Waals surface area contributed by atoms with Crippen molar-refractivity contribution >= 4 is 34.1 Å². The Morgan fingerprint density at radius 2 is 1.80 bits per heavy atom. The molecule has 6 heteroatoms. The normalized spacial score (nSPS) is 10.5. The minimum absolute atomic E-state index is 0.394. The Hall–Kier alpha value is -2.76. The summed E-state index contributed by atoms with van der Waals surface area (Å²) in [6.07, 6.45) is 0. The van der Waals surface area contributed by atoms with E-state index >= 15 is 0 Å². The van der Waals surface area contributed by atoms with Gasteiger partial charge in [0.2, 0.25) is 0 Å². The molecule has 0 unspecified atom stereocenters. The molecule has 0 saturated heterocycles. The number of nitrogens with zero attached hydrogens (tertiary/aromatic N) is 1. The molecule has 2 amide bonds. The van der Waals surface area contributed by atoms with Crippen molar-refractivity contribution in [3.05, 3.63) is 65.7 Å². The van der Waals surface area contributed by atoms with Crippen LogP contribution in [0.15, 0.2) is 60.7 Å². The van der Waals surface area contributed by atoms with Gasteiger partial charge >= 0.3 is 6.03 Å². The number of fused-ring (bicyclic) bond motifs is 1. The van der Waals surface area contributed by atoms with Crippen LogP contribution in [0.4, 0.5) is 10.5 Å². The molecule has 5 nitrogen and oxygen atoms in total. The fourth-order valence-corrected chi connectivity index (χ4v) is 2.52. The monoisotopic (exact) mass is 356 g/mol. The fraction of sp³-hybridized carbons (Fsp3) is 0.105. The van der Waals surface area contributed by atoms with Crippen LogP contribution < -0.4 is 10.1 Å². The number of ether oxygens (including phenoxy) is 1. The van der Waals surface area contributed by atoms with Gasteiger partial charge in [-0.05, 0) is 41.1 Å². The number of nitrogens with one attached hydrogen (secondary N) is 1. The molecule has 0 aromatic heterocycles. The van der Waals surface area contributed by atoms with Crippen molar-refractivity contribution in [1.29, 1.82) is 0 Å². The number of hydroxylamine groups is 2. The summed E-state index contributed by atoms with van der Waals surface area (Å²) in [6, 6.07) is 18.5. The van der Waals surface area contributed by atoms with Crippen LogP contribution in [-0.2, 0) is 4.84 Å². The van der Waals surface area contributed by atoms with Crippen LogP contribution in [-0.4, -0.2) is 25.3 Å². The molecule has 0 fully saturated rings. The zero-order valence-corrected chi connectivity index (χ0v) is 14.6. The third-order valence-electron chi connectivity index (χ3n) is 3.69. The number of anilines is 1. The maximum Gasteiger partial charge on any atom is 0.345 e. The number of hydrogen-bond acceptors (Lipinski definition) is 3. The number of amides is 2. The predicted octanol–water partition coefficient (Wildman–Crippen LogP) is 5.31. The Balaban J connectivity index is 1.77. The van der Waals surface area contributed by atoms with Crippen LogP contribution in [0.3, 0.4) is 0 Å². The SMILES string of the molecule is CON(C)C(=O)Nc1ccc(Oc2ccc3ccccc3c2)c(Cl)c1. The Morgan fingerprint density at radius 1 is 1.04 bits per heavy atom. The van der Waals surface area contributed by atoms with E-state index in [1.165, 1.54) is 14.2 Å². The van der Waals surface area contributed by atoms with E-state index in [4.69, 9.17) is 21.2 Å². The van der Waals surface area contributed by atoms with E-state index < -0.39 is 6.03 Å². The van der Waals surface area contributed by atoms with Gasteiger partial charge in [0.25, 0.3) is 0 Å². The Labute approximate surface area is 150 Å². The van der Waals surface area contributed by atoms with Crippen LogP contribution in [0, 0.1) is 0 Å². The smallest absolute Gasteiger partial charge is 0.345 e. The van der Waals surface area contributed by atoms with Crippen molar-refractivity contribution < 1.29 is 14.4 Å². The molecule has 0 saturated carbocycles. The van der Waals surface area contributed by atoms with E-state index in [0.717, 1.165) is 15.8 Å². The van der Waals surface area contributed by atoms with Gasteiger partial charge in [0.05, 0.1) is 12.1 Å². The molecular weight excluding hydrogens is 340 g/mol. The van der Waals surface area contributed by atoms with Gasteiger partial charge in [-0.3, -0.25) is 4.84 Å². The second kappa shape index (κ2) is 7.42. The minimum atomic E-state index is -0.401. The highest BCUT2D eigenvalue weighted by molar-refractivity contribution is 6.32. The lowest BCUT2D eigenvalue weighted by molar-refractivity contribution is -0.0598. The van der Waals surface area contributed by atoms with E-state index in [1.54, 1.807) is 18.2 Å². The molecule has 0 aliphatic carbocycles. The summed E-state index contributed by atoms with van der Waals surface area (Å²) in [5.41, 5.74) is 0.546. The van der Waals surface area contributed by atoms with Crippen LogP contribution in [0.5, 0.6) is 11.5 Å². The molecule has 0 radical (unpaired) electrons. The molecule has 128 valence electrons. The average molecular weight is 357 g/mol. The van der Waals surface area contributed by atoms with Crippen LogP contribution >= 0.6 is 11.6 Å². The highest BCUT2D eigenvalue weighted by Crippen LogP contribution is 2.33. The first-order chi connectivity index (χ1) is 12.1. The molecule has 0 atom stereocenters. The van der Waals surface area contributed by atoms with Gasteiger partial charge in [-0.2, -0.15) is 0 Å². The first-order valence-corrected chi connectivity index (χ1v) is 7.99. The lowest BCUT2D eigenvalue weighted by atomic mass is 10.1. The van der Waals surface area contributed by atoms with Gasteiger partial charge in [0, 0.05) is 12.7 Å². The number of rotatable bonds is 4. The third-order valence-corrected chi connectivity index (χ3v) is 3.99. The predicted molar refractivity (Wildman–Crippen MR) is 99.3 cm³/mol. The third kappa shape index (κ3) is 4.02. The van der Waals surface area contributed by atoms with Gasteiger partial charge in [0.1, 0.15) is 11.5 Å². The van der Waals surface area contributed by atoms with Gasteiger partial charge < -0.3 is 10.1 Å². The second-order valence-electron chi connectivity index (χ2n) is 5.37. The molecule has 0 aliphatic heterocycles. The van der Waals surface area contributed by atoms with Crippen molar-refractivity contribution in [2.45, 2.75) is 0 Å². The maximum absolute atomic E-state index is 11.8. The number of hydrogen-bond donors (Lipinski definition) is 1. The molecule has 0 heterocycles. The van der Waals surface area contributed by atoms with Crippen LogP contribution in [0.1, 0.15) is 0 Å². The van der Waals surface area contributed by atoms with E-state index in [9.17, 15) is 4.79 Å². The zero-order valence-electron chi connectivity index (χ0n) is 13.8. The summed E-state index contributed by atoms with van der Waals surface area (Å²) in [7, 11) is 2.92. The molecule has 0 spiro atoms. The van der Waals surface area contributed by atoms with Crippen molar-refractivity contribution in [3.8, 4) is 11.5 Å². The summed E-state index contributed by atoms with van der Waals surface area (Å²) in [5.74, 6) is 1.20. The van der Waals surface area contributed by atoms with Gasteiger partial charge in [-0.15, -0.1) is 0 Å². The van der Waals surface area contributed by atoms with Crippen LogP contribution in [0.2, 0.25) is 5.02 Å². The summed E-state index contributed by atoms with van der Waals surface area (Å²) in [4.78, 5) is 16.6. The van der Waals surface area contributed by atoms with Gasteiger partial charge in [-0.1, -0.05) is 41.9 Å². The highest BCUT2D eigenvalue weighted by atomic mass is 35.5. The Morgan fingerprint density at radius 3 is 2.52 bits per heavy atom. The summed E-state index contributed by atoms with van der Waals surface area (Å²) in [5, 5.41) is 6.37. The first-order valence-electron chi connectivity index (χ1n) is 7.62. The zero-order chi connectivity index (χ0) is 17.8. The van der Waals surface area contributed by atoms with E-state index in [0.29, 0.717) is 22.2 Å². The van der Waals surface area contributed by atoms with Gasteiger partial charge in [0.15, 0.2) is 0 Å². The van der Waals surface area contributed by atoms with Crippen molar-refractivity contribution in [1.82, 2.24) is 5.06 Å². The van der Waals surface area contributed by atoms with Crippen molar-refractivity contribution in [2.24, 2.45) is 0 Å². The summed E-state index contributed by atoms with van der Waals surface area (Å²) >= 11 is 6.27. The quantitative estimate of drug-likeness (QED) is 0.644. The molecule has 1 N–H and O–H groups in total.